The molecule has 0 spiro atoms. The lowest BCUT2D eigenvalue weighted by Crippen LogP contribution is -2.45. The van der Waals surface area contributed by atoms with Crippen molar-refractivity contribution in [2.24, 2.45) is 0 Å². The summed E-state index contributed by atoms with van der Waals surface area (Å²) in [7, 11) is -4.39. The normalized spacial score (nSPS) is 12.4. The number of rotatable bonds is 11. The van der Waals surface area contributed by atoms with Crippen molar-refractivity contribution < 1.29 is 22.8 Å². The van der Waals surface area contributed by atoms with Crippen LogP contribution in [0.25, 0.3) is 22.2 Å². The molecule has 1 unspecified atom stereocenters. The molecule has 216 valence electrons. The van der Waals surface area contributed by atoms with Gasteiger partial charge in [-0.25, -0.2) is 13.2 Å². The van der Waals surface area contributed by atoms with Crippen LogP contribution in [0.3, 0.4) is 0 Å². The van der Waals surface area contributed by atoms with Crippen LogP contribution < -0.4 is 4.31 Å². The van der Waals surface area contributed by atoms with E-state index in [0.29, 0.717) is 41.9 Å². The predicted molar refractivity (Wildman–Crippen MR) is 164 cm³/mol. The Hall–Kier alpha value is -3.92. The van der Waals surface area contributed by atoms with E-state index in [9.17, 15) is 18.3 Å². The number of hydrogen-bond donors (Lipinski definition) is 1. The molecule has 0 fully saturated rings. The number of aliphatic carboxylic acids is 1. The summed E-state index contributed by atoms with van der Waals surface area (Å²) in [6.07, 6.45) is 1.81. The molecule has 0 saturated carbocycles. The maximum absolute atomic E-state index is 14.0. The van der Waals surface area contributed by atoms with Crippen molar-refractivity contribution in [3.8, 4) is 11.4 Å². The van der Waals surface area contributed by atoms with Crippen LogP contribution in [-0.4, -0.2) is 35.7 Å². The topological polar surface area (TPSA) is 114 Å². The molecule has 0 bridgehead atoms. The third kappa shape index (κ3) is 6.28. The lowest BCUT2D eigenvalue weighted by atomic mass is 10.0. The van der Waals surface area contributed by atoms with E-state index in [-0.39, 0.29) is 27.0 Å². The fraction of sp³-hybridized carbons (Fsp3) is 0.194. The predicted octanol–water partition coefficient (Wildman–Crippen LogP) is 7.63. The first-order chi connectivity index (χ1) is 20.2. The van der Waals surface area contributed by atoms with E-state index < -0.39 is 22.0 Å². The first-order valence-electron chi connectivity index (χ1n) is 13.3. The van der Waals surface area contributed by atoms with Gasteiger partial charge in [-0.05, 0) is 53.1 Å². The lowest BCUT2D eigenvalue weighted by molar-refractivity contribution is -0.138. The highest BCUT2D eigenvalue weighted by Gasteiger charge is 2.36. The summed E-state index contributed by atoms with van der Waals surface area (Å²) >= 11 is 12.3. The van der Waals surface area contributed by atoms with Crippen LogP contribution in [0.1, 0.15) is 37.6 Å². The average molecular weight is 625 g/mol. The zero-order chi connectivity index (χ0) is 29.9. The molecule has 1 heterocycles. The molecule has 0 radical (unpaired) electrons. The van der Waals surface area contributed by atoms with Crippen molar-refractivity contribution in [3.05, 3.63) is 106 Å². The van der Waals surface area contributed by atoms with Gasteiger partial charge in [0.2, 0.25) is 11.7 Å². The van der Waals surface area contributed by atoms with Gasteiger partial charge in [0.05, 0.1) is 17.0 Å². The Morgan fingerprint density at radius 3 is 2.40 bits per heavy atom. The molecular formula is C31H27Cl2N3O5S. The number of nitrogens with zero attached hydrogens (tertiary/aromatic N) is 3. The Morgan fingerprint density at radius 2 is 1.71 bits per heavy atom. The Balaban J connectivity index is 1.59. The number of carboxylic acid groups (broad SMARTS) is 1. The molecule has 0 amide bonds. The van der Waals surface area contributed by atoms with E-state index in [2.05, 4.69) is 10.1 Å². The van der Waals surface area contributed by atoms with E-state index in [1.807, 2.05) is 49.4 Å². The zero-order valence-electron chi connectivity index (χ0n) is 22.6. The SMILES string of the molecule is CCCCC(C(=O)O)N(c1ccc2c(-c3noc(Cc4ccccc4)n3)cccc2c1)S(=O)(=O)c1cc(Cl)cc(Cl)c1. The van der Waals surface area contributed by atoms with Crippen LogP contribution >= 0.6 is 23.2 Å². The van der Waals surface area contributed by atoms with Crippen molar-refractivity contribution in [3.63, 3.8) is 0 Å². The number of unbranched alkanes of at least 4 members (excludes halogenated alkanes) is 1. The van der Waals surface area contributed by atoms with Gasteiger partial charge in [0.25, 0.3) is 10.0 Å². The van der Waals surface area contributed by atoms with E-state index in [1.165, 1.54) is 18.2 Å². The summed E-state index contributed by atoms with van der Waals surface area (Å²) in [5.74, 6) is -0.405. The Kier molecular flexibility index (Phi) is 8.82. The number of halogens is 2. The highest BCUT2D eigenvalue weighted by Crippen LogP contribution is 2.35. The largest absolute Gasteiger partial charge is 0.480 e. The Bertz CT molecular complexity index is 1820. The van der Waals surface area contributed by atoms with Crippen molar-refractivity contribution in [1.82, 2.24) is 10.1 Å². The van der Waals surface area contributed by atoms with E-state index in [1.54, 1.807) is 24.3 Å². The van der Waals surface area contributed by atoms with Crippen LogP contribution in [0.2, 0.25) is 10.0 Å². The maximum Gasteiger partial charge on any atom is 0.327 e. The van der Waals surface area contributed by atoms with E-state index in [0.717, 1.165) is 15.3 Å². The second-order valence-corrected chi connectivity index (χ2v) is 12.5. The summed E-state index contributed by atoms with van der Waals surface area (Å²) in [4.78, 5) is 16.9. The number of aromatic nitrogens is 2. The fourth-order valence-corrected chi connectivity index (χ4v) is 7.18. The molecule has 0 aliphatic carbocycles. The highest BCUT2D eigenvalue weighted by atomic mass is 35.5. The maximum atomic E-state index is 14.0. The molecule has 42 heavy (non-hydrogen) atoms. The number of sulfonamides is 1. The Morgan fingerprint density at radius 1 is 0.976 bits per heavy atom. The number of fused-ring (bicyclic) bond motifs is 1. The van der Waals surface area contributed by atoms with Crippen LogP contribution in [0.4, 0.5) is 5.69 Å². The van der Waals surface area contributed by atoms with Gasteiger partial charge in [-0.3, -0.25) is 4.31 Å². The molecule has 5 aromatic rings. The molecule has 0 aliphatic heterocycles. The number of anilines is 1. The average Bonchev–Trinajstić information content (AvgIpc) is 3.42. The van der Waals surface area contributed by atoms with E-state index in [4.69, 9.17) is 27.7 Å². The van der Waals surface area contributed by atoms with Crippen molar-refractivity contribution >= 4 is 55.7 Å². The van der Waals surface area contributed by atoms with Crippen molar-refractivity contribution in [2.45, 2.75) is 43.5 Å². The molecule has 1 N–H and O–H groups in total. The number of hydrogen-bond acceptors (Lipinski definition) is 6. The summed E-state index contributed by atoms with van der Waals surface area (Å²) in [5, 5.41) is 16.0. The smallest absolute Gasteiger partial charge is 0.327 e. The van der Waals surface area contributed by atoms with E-state index >= 15 is 0 Å². The minimum absolute atomic E-state index is 0.116. The first-order valence-corrected chi connectivity index (χ1v) is 15.5. The third-order valence-electron chi connectivity index (χ3n) is 6.82. The van der Waals surface area contributed by atoms with Crippen LogP contribution in [0, 0.1) is 0 Å². The van der Waals surface area contributed by atoms with Crippen LogP contribution in [-0.2, 0) is 21.2 Å². The van der Waals surface area contributed by atoms with Gasteiger partial charge in [0.1, 0.15) is 6.04 Å². The monoisotopic (exact) mass is 623 g/mol. The molecule has 5 rings (SSSR count). The summed E-state index contributed by atoms with van der Waals surface area (Å²) in [6.45, 7) is 1.91. The summed E-state index contributed by atoms with van der Waals surface area (Å²) in [6, 6.07) is 22.8. The molecule has 1 atom stereocenters. The standard InChI is InChI=1S/C31H27Cl2N3O5S/c1-2-3-12-28(31(37)38)36(42(39,40)25-18-22(32)17-23(33)19-25)24-13-14-26-21(16-24)10-7-11-27(26)30-34-29(41-35-30)15-20-8-5-4-6-9-20/h4-11,13-14,16-19,28H,2-3,12,15H2,1H3,(H,37,38). The van der Waals surface area contributed by atoms with Gasteiger partial charge in [-0.15, -0.1) is 0 Å². The van der Waals surface area contributed by atoms with Gasteiger partial charge in [0, 0.05) is 15.6 Å². The molecule has 0 aliphatic rings. The van der Waals surface area contributed by atoms with Crippen molar-refractivity contribution in [2.75, 3.05) is 4.31 Å². The quantitative estimate of drug-likeness (QED) is 0.161. The minimum Gasteiger partial charge on any atom is -0.480 e. The second kappa shape index (κ2) is 12.5. The van der Waals surface area contributed by atoms with Gasteiger partial charge in [-0.2, -0.15) is 4.98 Å². The molecule has 0 saturated heterocycles. The van der Waals surface area contributed by atoms with Gasteiger partial charge in [-0.1, -0.05) is 103 Å². The zero-order valence-corrected chi connectivity index (χ0v) is 24.9. The van der Waals surface area contributed by atoms with Gasteiger partial charge < -0.3 is 9.63 Å². The number of benzene rings is 4. The van der Waals surface area contributed by atoms with Crippen molar-refractivity contribution in [1.29, 1.82) is 0 Å². The van der Waals surface area contributed by atoms with Gasteiger partial charge in [0.15, 0.2) is 0 Å². The molecule has 4 aromatic carbocycles. The molecule has 8 nitrogen and oxygen atoms in total. The summed E-state index contributed by atoms with van der Waals surface area (Å²) in [5.41, 5.74) is 1.92. The Labute approximate surface area is 253 Å². The second-order valence-electron chi connectivity index (χ2n) is 9.79. The molecule has 11 heteroatoms. The molecular weight excluding hydrogens is 597 g/mol. The van der Waals surface area contributed by atoms with Gasteiger partial charge >= 0.3 is 5.97 Å². The lowest BCUT2D eigenvalue weighted by Gasteiger charge is -2.30. The minimum atomic E-state index is -4.39. The number of carboxylic acids is 1. The fourth-order valence-electron chi connectivity index (χ4n) is 4.83. The summed E-state index contributed by atoms with van der Waals surface area (Å²) < 4.78 is 34.5. The first kappa shape index (κ1) is 29.6. The third-order valence-corrected chi connectivity index (χ3v) is 9.07. The number of carbonyl (C=O) groups is 1. The van der Waals surface area contributed by atoms with Crippen LogP contribution in [0.15, 0.2) is 94.3 Å². The molecule has 1 aromatic heterocycles. The highest BCUT2D eigenvalue weighted by molar-refractivity contribution is 7.93. The van der Waals surface area contributed by atoms with Crippen LogP contribution in [0.5, 0.6) is 0 Å².